The fraction of sp³-hybridized carbons (Fsp3) is 0.235. The van der Waals surface area contributed by atoms with Crippen LogP contribution in [0.1, 0.15) is 12.1 Å². The first kappa shape index (κ1) is 15.2. The summed E-state index contributed by atoms with van der Waals surface area (Å²) in [7, 11) is 2.00. The molecule has 1 amide bonds. The number of fused-ring (bicyclic) bond motifs is 1. The molecular weight excluding hydrogens is 290 g/mol. The van der Waals surface area contributed by atoms with Gasteiger partial charge in [0.25, 0.3) is 0 Å². The Bertz CT molecular complexity index is 784. The van der Waals surface area contributed by atoms with E-state index in [0.29, 0.717) is 13.0 Å². The van der Waals surface area contributed by atoms with E-state index in [0.717, 1.165) is 23.6 Å². The Labute approximate surface area is 134 Å². The van der Waals surface area contributed by atoms with Gasteiger partial charge in [0.2, 0.25) is 5.91 Å². The third-order valence-corrected chi connectivity index (χ3v) is 3.59. The molecule has 3 heterocycles. The molecule has 0 bridgehead atoms. The van der Waals surface area contributed by atoms with Gasteiger partial charge in [-0.15, -0.1) is 0 Å². The van der Waals surface area contributed by atoms with Crippen LogP contribution in [-0.4, -0.2) is 38.8 Å². The van der Waals surface area contributed by atoms with Gasteiger partial charge in [-0.3, -0.25) is 9.78 Å². The Morgan fingerprint density at radius 1 is 1.26 bits per heavy atom. The summed E-state index contributed by atoms with van der Waals surface area (Å²) >= 11 is 0. The van der Waals surface area contributed by atoms with E-state index in [1.165, 1.54) is 0 Å². The van der Waals surface area contributed by atoms with Crippen LogP contribution in [-0.2, 0) is 11.3 Å². The molecule has 6 nitrogen and oxygen atoms in total. The molecule has 0 aliphatic heterocycles. The van der Waals surface area contributed by atoms with E-state index in [1.807, 2.05) is 43.7 Å². The number of carbonyl (C=O) groups excluding carboxylic acids is 1. The normalized spacial score (nSPS) is 11.0. The largest absolute Gasteiger partial charge is 0.325 e. The Morgan fingerprint density at radius 2 is 2.17 bits per heavy atom. The third kappa shape index (κ3) is 3.92. The molecule has 0 atom stereocenters. The van der Waals surface area contributed by atoms with Gasteiger partial charge in [0.15, 0.2) is 0 Å². The van der Waals surface area contributed by atoms with Crippen LogP contribution in [0.5, 0.6) is 0 Å². The smallest absolute Gasteiger partial charge is 0.225 e. The van der Waals surface area contributed by atoms with Crippen LogP contribution < -0.4 is 5.32 Å². The number of aromatic nitrogens is 3. The van der Waals surface area contributed by atoms with Crippen molar-refractivity contribution in [2.24, 2.45) is 0 Å². The molecule has 0 aromatic carbocycles. The molecule has 118 valence electrons. The minimum Gasteiger partial charge on any atom is -0.325 e. The van der Waals surface area contributed by atoms with Crippen molar-refractivity contribution in [3.63, 3.8) is 0 Å². The van der Waals surface area contributed by atoms with E-state index in [1.54, 1.807) is 18.5 Å². The second kappa shape index (κ2) is 7.02. The van der Waals surface area contributed by atoms with Gasteiger partial charge >= 0.3 is 0 Å². The Balaban J connectivity index is 1.51. The highest BCUT2D eigenvalue weighted by Gasteiger charge is 2.08. The van der Waals surface area contributed by atoms with Gasteiger partial charge in [0.05, 0.1) is 23.8 Å². The number of anilines is 1. The van der Waals surface area contributed by atoms with E-state index >= 15 is 0 Å². The Kier molecular flexibility index (Phi) is 4.63. The quantitative estimate of drug-likeness (QED) is 0.758. The molecule has 3 aromatic heterocycles. The molecule has 0 saturated heterocycles. The van der Waals surface area contributed by atoms with Gasteiger partial charge in [0.1, 0.15) is 5.65 Å². The molecule has 6 heteroatoms. The SMILES string of the molecule is CN(CCC(=O)Nc1cccnc1)Cc1cnc2ccccn12. The zero-order chi connectivity index (χ0) is 16.1. The van der Waals surface area contributed by atoms with E-state index in [4.69, 9.17) is 0 Å². The summed E-state index contributed by atoms with van der Waals surface area (Å²) in [4.78, 5) is 22.4. The lowest BCUT2D eigenvalue weighted by atomic mass is 10.3. The van der Waals surface area contributed by atoms with Crippen LogP contribution in [0.15, 0.2) is 55.1 Å². The number of pyridine rings is 2. The first-order valence-corrected chi connectivity index (χ1v) is 7.52. The van der Waals surface area contributed by atoms with Crippen LogP contribution >= 0.6 is 0 Å². The first-order chi connectivity index (χ1) is 11.2. The highest BCUT2D eigenvalue weighted by atomic mass is 16.1. The highest BCUT2D eigenvalue weighted by molar-refractivity contribution is 5.90. The predicted octanol–water partition coefficient (Wildman–Crippen LogP) is 2.19. The van der Waals surface area contributed by atoms with E-state index in [2.05, 4.69) is 24.6 Å². The molecule has 0 saturated carbocycles. The number of nitrogens with one attached hydrogen (secondary N) is 1. The zero-order valence-corrected chi connectivity index (χ0v) is 13.0. The second-order valence-electron chi connectivity index (χ2n) is 5.46. The van der Waals surface area contributed by atoms with Gasteiger partial charge in [-0.2, -0.15) is 0 Å². The van der Waals surface area contributed by atoms with Gasteiger partial charge in [-0.25, -0.2) is 4.98 Å². The lowest BCUT2D eigenvalue weighted by Crippen LogP contribution is -2.24. The van der Waals surface area contributed by atoms with E-state index < -0.39 is 0 Å². The van der Waals surface area contributed by atoms with Crippen LogP contribution in [0.25, 0.3) is 5.65 Å². The molecule has 3 rings (SSSR count). The van der Waals surface area contributed by atoms with Crippen molar-refractivity contribution in [2.75, 3.05) is 18.9 Å². The molecule has 0 aliphatic carbocycles. The van der Waals surface area contributed by atoms with Crippen molar-refractivity contribution >= 4 is 17.2 Å². The van der Waals surface area contributed by atoms with Crippen molar-refractivity contribution in [1.82, 2.24) is 19.3 Å². The molecule has 3 aromatic rings. The number of hydrogen-bond acceptors (Lipinski definition) is 4. The number of amides is 1. The number of imidazole rings is 1. The van der Waals surface area contributed by atoms with E-state index in [9.17, 15) is 4.79 Å². The average molecular weight is 309 g/mol. The van der Waals surface area contributed by atoms with Crippen molar-refractivity contribution in [3.05, 3.63) is 60.8 Å². The summed E-state index contributed by atoms with van der Waals surface area (Å²) in [5, 5.41) is 2.84. The minimum atomic E-state index is -0.0111. The number of nitrogens with zero attached hydrogens (tertiary/aromatic N) is 4. The molecule has 0 fully saturated rings. The maximum absolute atomic E-state index is 11.9. The fourth-order valence-corrected chi connectivity index (χ4v) is 2.41. The van der Waals surface area contributed by atoms with Crippen molar-refractivity contribution in [1.29, 1.82) is 0 Å². The van der Waals surface area contributed by atoms with Gasteiger partial charge in [-0.05, 0) is 31.3 Å². The Morgan fingerprint density at radius 3 is 3.00 bits per heavy atom. The summed E-state index contributed by atoms with van der Waals surface area (Å²) in [6.45, 7) is 1.41. The molecular formula is C17H19N5O. The maximum Gasteiger partial charge on any atom is 0.225 e. The van der Waals surface area contributed by atoms with Crippen LogP contribution in [0, 0.1) is 0 Å². The number of carbonyl (C=O) groups is 1. The number of hydrogen-bond donors (Lipinski definition) is 1. The van der Waals surface area contributed by atoms with Crippen molar-refractivity contribution in [2.45, 2.75) is 13.0 Å². The van der Waals surface area contributed by atoms with E-state index in [-0.39, 0.29) is 5.91 Å². The maximum atomic E-state index is 11.9. The summed E-state index contributed by atoms with van der Waals surface area (Å²) in [5.74, 6) is -0.0111. The molecule has 23 heavy (non-hydrogen) atoms. The highest BCUT2D eigenvalue weighted by Crippen LogP contribution is 2.09. The minimum absolute atomic E-state index is 0.0111. The topological polar surface area (TPSA) is 62.5 Å². The van der Waals surface area contributed by atoms with Gasteiger partial charge in [0, 0.05) is 31.9 Å². The second-order valence-corrected chi connectivity index (χ2v) is 5.46. The van der Waals surface area contributed by atoms with Crippen molar-refractivity contribution < 1.29 is 4.79 Å². The predicted molar refractivity (Wildman–Crippen MR) is 89.0 cm³/mol. The lowest BCUT2D eigenvalue weighted by Gasteiger charge is -2.16. The van der Waals surface area contributed by atoms with Crippen molar-refractivity contribution in [3.8, 4) is 0 Å². The summed E-state index contributed by atoms with van der Waals surface area (Å²) in [5.41, 5.74) is 2.77. The first-order valence-electron chi connectivity index (χ1n) is 7.52. The van der Waals surface area contributed by atoms with Crippen LogP contribution in [0.2, 0.25) is 0 Å². The fourth-order valence-electron chi connectivity index (χ4n) is 2.41. The number of rotatable bonds is 6. The summed E-state index contributed by atoms with van der Waals surface area (Å²) < 4.78 is 2.06. The third-order valence-electron chi connectivity index (χ3n) is 3.59. The molecule has 0 spiro atoms. The lowest BCUT2D eigenvalue weighted by molar-refractivity contribution is -0.116. The summed E-state index contributed by atoms with van der Waals surface area (Å²) in [6.07, 6.45) is 7.63. The standard InChI is InChI=1S/C17H19N5O/c1-21(10-7-17(23)20-14-5-4-8-18-11-14)13-15-12-19-16-6-2-3-9-22(15)16/h2-6,8-9,11-12H,7,10,13H2,1H3,(H,20,23). The van der Waals surface area contributed by atoms with Crippen LogP contribution in [0.4, 0.5) is 5.69 Å². The van der Waals surface area contributed by atoms with Gasteiger partial charge in [-0.1, -0.05) is 6.07 Å². The average Bonchev–Trinajstić information content (AvgIpc) is 2.97. The summed E-state index contributed by atoms with van der Waals surface area (Å²) in [6, 6.07) is 9.56. The zero-order valence-electron chi connectivity index (χ0n) is 13.0. The monoisotopic (exact) mass is 309 g/mol. The molecule has 0 radical (unpaired) electrons. The Hall–Kier alpha value is -2.73. The molecule has 0 aliphatic rings. The molecule has 0 unspecified atom stereocenters. The van der Waals surface area contributed by atoms with Crippen LogP contribution in [0.3, 0.4) is 0 Å². The molecule has 1 N–H and O–H groups in total. The van der Waals surface area contributed by atoms with Gasteiger partial charge < -0.3 is 14.6 Å².